The van der Waals surface area contributed by atoms with Gasteiger partial charge in [-0.2, -0.15) is 0 Å². The fourth-order valence-corrected chi connectivity index (χ4v) is 1.68. The Morgan fingerprint density at radius 2 is 2.40 bits per heavy atom. The predicted molar refractivity (Wildman–Crippen MR) is 56.8 cm³/mol. The highest BCUT2D eigenvalue weighted by Crippen LogP contribution is 2.29. The van der Waals surface area contributed by atoms with Crippen LogP contribution >= 0.6 is 11.6 Å². The second-order valence-electron chi connectivity index (χ2n) is 3.84. The molecule has 1 heterocycles. The number of rotatable bonds is 4. The van der Waals surface area contributed by atoms with Gasteiger partial charge in [-0.15, -0.1) is 11.6 Å². The van der Waals surface area contributed by atoms with Gasteiger partial charge < -0.3 is 9.47 Å². The summed E-state index contributed by atoms with van der Waals surface area (Å²) < 4.78 is 9.97. The second-order valence-corrected chi connectivity index (χ2v) is 4.59. The van der Waals surface area contributed by atoms with E-state index in [1.165, 1.54) is 0 Å². The Morgan fingerprint density at radius 1 is 1.60 bits per heavy atom. The summed E-state index contributed by atoms with van der Waals surface area (Å²) in [6.07, 6.45) is 8.55. The zero-order valence-corrected chi connectivity index (χ0v) is 9.07. The lowest BCUT2D eigenvalue weighted by Crippen LogP contribution is -2.25. The minimum atomic E-state index is -0.601. The molecule has 0 spiro atoms. The molecule has 1 aliphatic carbocycles. The molecule has 2 unspecified atom stereocenters. The molecule has 1 fully saturated rings. The molecule has 15 heavy (non-hydrogen) atoms. The molecule has 1 saturated heterocycles. The van der Waals surface area contributed by atoms with Crippen molar-refractivity contribution in [3.8, 4) is 0 Å². The highest BCUT2D eigenvalue weighted by molar-refractivity contribution is 6.26. The van der Waals surface area contributed by atoms with Gasteiger partial charge >= 0.3 is 5.97 Å². The Labute approximate surface area is 93.7 Å². The monoisotopic (exact) mass is 228 g/mol. The first-order valence-electron chi connectivity index (χ1n) is 4.98. The lowest BCUT2D eigenvalue weighted by Gasteiger charge is -2.22. The van der Waals surface area contributed by atoms with Gasteiger partial charge in [0.15, 0.2) is 0 Å². The van der Waals surface area contributed by atoms with Crippen LogP contribution in [0.2, 0.25) is 0 Å². The van der Waals surface area contributed by atoms with Crippen LogP contribution in [0, 0.1) is 0 Å². The first kappa shape index (κ1) is 10.7. The van der Waals surface area contributed by atoms with Gasteiger partial charge in [-0.25, -0.2) is 0 Å². The third-order valence-electron chi connectivity index (χ3n) is 2.37. The highest BCUT2D eigenvalue weighted by atomic mass is 35.5. The summed E-state index contributed by atoms with van der Waals surface area (Å²) in [4.78, 5) is 10.8. The van der Waals surface area contributed by atoms with E-state index in [-0.39, 0.29) is 18.5 Å². The van der Waals surface area contributed by atoms with Crippen molar-refractivity contribution in [3.63, 3.8) is 0 Å². The largest absolute Gasteiger partial charge is 0.463 e. The van der Waals surface area contributed by atoms with Crippen LogP contribution in [0.15, 0.2) is 24.3 Å². The zero-order chi connectivity index (χ0) is 10.7. The molecule has 0 aromatic heterocycles. The molecule has 0 bridgehead atoms. The molecule has 0 N–H and O–H groups in total. The van der Waals surface area contributed by atoms with Gasteiger partial charge in [-0.3, -0.25) is 4.79 Å². The summed E-state index contributed by atoms with van der Waals surface area (Å²) in [6.45, 7) is 1.05. The lowest BCUT2D eigenvalue weighted by atomic mass is 9.96. The van der Waals surface area contributed by atoms with Crippen LogP contribution in [-0.4, -0.2) is 30.2 Å². The number of esters is 1. The first-order valence-corrected chi connectivity index (χ1v) is 5.36. The fraction of sp³-hybridized carbons (Fsp3) is 0.545. The van der Waals surface area contributed by atoms with E-state index in [1.54, 1.807) is 0 Å². The maximum atomic E-state index is 11.4. The molecule has 0 aromatic carbocycles. The molecule has 2 aliphatic rings. The number of alkyl halides is 1. The van der Waals surface area contributed by atoms with Crippen molar-refractivity contribution in [1.82, 2.24) is 0 Å². The van der Waals surface area contributed by atoms with Gasteiger partial charge in [0.05, 0.1) is 17.9 Å². The average Bonchev–Trinajstić information content (AvgIpc) is 2.98. The summed E-state index contributed by atoms with van der Waals surface area (Å²) >= 11 is 6.23. The average molecular weight is 229 g/mol. The van der Waals surface area contributed by atoms with E-state index in [0.717, 1.165) is 0 Å². The standard InChI is InChI=1S/C11H13ClO3/c12-11(4-2-1-3-5-11)6-10(13)15-8-9-7-14-9/h1-4,9H,5-8H2. The quantitative estimate of drug-likeness (QED) is 0.419. The maximum absolute atomic E-state index is 11.4. The van der Waals surface area contributed by atoms with Crippen molar-refractivity contribution in [1.29, 1.82) is 0 Å². The smallest absolute Gasteiger partial charge is 0.308 e. The van der Waals surface area contributed by atoms with Crippen molar-refractivity contribution >= 4 is 17.6 Å². The fourth-order valence-electron chi connectivity index (χ4n) is 1.41. The second kappa shape index (κ2) is 4.37. The number of ether oxygens (including phenoxy) is 2. The molecule has 2 rings (SSSR count). The number of halogens is 1. The van der Waals surface area contributed by atoms with E-state index < -0.39 is 4.87 Å². The molecular weight excluding hydrogens is 216 g/mol. The van der Waals surface area contributed by atoms with Gasteiger partial charge in [0.1, 0.15) is 12.7 Å². The van der Waals surface area contributed by atoms with Crippen molar-refractivity contribution in [2.75, 3.05) is 13.2 Å². The van der Waals surface area contributed by atoms with E-state index in [2.05, 4.69) is 0 Å². The molecule has 82 valence electrons. The molecule has 0 saturated carbocycles. The molecule has 0 amide bonds. The number of carbonyl (C=O) groups excluding carboxylic acids is 1. The number of epoxide rings is 1. The van der Waals surface area contributed by atoms with Crippen LogP contribution in [0.5, 0.6) is 0 Å². The van der Waals surface area contributed by atoms with E-state index >= 15 is 0 Å². The summed E-state index contributed by atoms with van der Waals surface area (Å²) in [5, 5.41) is 0. The number of carbonyl (C=O) groups is 1. The molecular formula is C11H13ClO3. The van der Waals surface area contributed by atoms with Gasteiger partial charge in [-0.1, -0.05) is 24.3 Å². The number of hydrogen-bond acceptors (Lipinski definition) is 3. The van der Waals surface area contributed by atoms with E-state index in [9.17, 15) is 4.79 Å². The van der Waals surface area contributed by atoms with Crippen molar-refractivity contribution in [3.05, 3.63) is 24.3 Å². The van der Waals surface area contributed by atoms with Crippen LogP contribution in [0.4, 0.5) is 0 Å². The summed E-state index contributed by atoms with van der Waals surface area (Å²) in [7, 11) is 0. The van der Waals surface area contributed by atoms with E-state index in [4.69, 9.17) is 21.1 Å². The third-order valence-corrected chi connectivity index (χ3v) is 2.78. The summed E-state index contributed by atoms with van der Waals surface area (Å²) in [5.74, 6) is -0.263. The Bertz CT molecular complexity index is 307. The van der Waals surface area contributed by atoms with Crippen molar-refractivity contribution < 1.29 is 14.3 Å². The van der Waals surface area contributed by atoms with Crippen LogP contribution in [0.1, 0.15) is 12.8 Å². The predicted octanol–water partition coefficient (Wildman–Crippen LogP) is 1.81. The zero-order valence-electron chi connectivity index (χ0n) is 8.32. The van der Waals surface area contributed by atoms with Crippen LogP contribution in [0.25, 0.3) is 0 Å². The SMILES string of the molecule is O=C(CC1(Cl)C=CC=CC1)OCC1CO1. The van der Waals surface area contributed by atoms with Crippen molar-refractivity contribution in [2.45, 2.75) is 23.8 Å². The minimum Gasteiger partial charge on any atom is -0.463 e. The van der Waals surface area contributed by atoms with Crippen LogP contribution in [0.3, 0.4) is 0 Å². The minimum absolute atomic E-state index is 0.113. The highest BCUT2D eigenvalue weighted by Gasteiger charge is 2.30. The Morgan fingerprint density at radius 3 is 3.00 bits per heavy atom. The molecule has 0 radical (unpaired) electrons. The Kier molecular flexibility index (Phi) is 3.12. The lowest BCUT2D eigenvalue weighted by molar-refractivity contribution is -0.144. The van der Waals surface area contributed by atoms with Gasteiger partial charge in [0.2, 0.25) is 0 Å². The first-order chi connectivity index (χ1) is 7.18. The summed E-state index contributed by atoms with van der Waals surface area (Å²) in [6, 6.07) is 0. The summed E-state index contributed by atoms with van der Waals surface area (Å²) in [5.41, 5.74) is 0. The van der Waals surface area contributed by atoms with Gasteiger partial charge in [0.25, 0.3) is 0 Å². The normalized spacial score (nSPS) is 32.7. The van der Waals surface area contributed by atoms with E-state index in [0.29, 0.717) is 19.6 Å². The number of allylic oxidation sites excluding steroid dienone is 4. The molecule has 1 aliphatic heterocycles. The third kappa shape index (κ3) is 3.36. The Hall–Kier alpha value is -0.800. The molecule has 3 nitrogen and oxygen atoms in total. The maximum Gasteiger partial charge on any atom is 0.308 e. The molecule has 2 atom stereocenters. The van der Waals surface area contributed by atoms with E-state index in [1.807, 2.05) is 24.3 Å². The van der Waals surface area contributed by atoms with Crippen LogP contribution in [-0.2, 0) is 14.3 Å². The molecule has 0 aromatic rings. The Balaban J connectivity index is 1.76. The van der Waals surface area contributed by atoms with Gasteiger partial charge in [0, 0.05) is 0 Å². The van der Waals surface area contributed by atoms with Crippen LogP contribution < -0.4 is 0 Å². The number of hydrogen-bond donors (Lipinski definition) is 0. The van der Waals surface area contributed by atoms with Gasteiger partial charge in [-0.05, 0) is 6.42 Å². The topological polar surface area (TPSA) is 38.8 Å². The molecule has 4 heteroatoms. The van der Waals surface area contributed by atoms with Crippen molar-refractivity contribution in [2.24, 2.45) is 0 Å².